The van der Waals surface area contributed by atoms with Gasteiger partial charge >= 0.3 is 0 Å². The average Bonchev–Trinajstić information content (AvgIpc) is 2.79. The molecular formula is C25H31BrN4O2. The maximum atomic E-state index is 10.4. The van der Waals surface area contributed by atoms with Crippen LogP contribution in [0, 0.1) is 0 Å². The van der Waals surface area contributed by atoms with Gasteiger partial charge in [0.05, 0.1) is 12.6 Å². The molecule has 7 heteroatoms. The molecule has 1 aliphatic carbocycles. The fourth-order valence-corrected chi connectivity index (χ4v) is 4.91. The number of hydrogen-bond donors (Lipinski definition) is 3. The standard InChI is InChI=1S/C25H31BrN4O2/c1-30(2)22-14-24(29-21-7-5-4-6-20(21)22)28-19-10-8-18(9-11-19)27-15-16-12-17(26)13-23(32-3)25(16)31/h4-7,12-14,18-19,27,31H,8-11,15H2,1-3H3,(H,28,29)/t18-,19+. The number of nitrogens with zero attached hydrogens (tertiary/aromatic N) is 2. The zero-order chi connectivity index (χ0) is 22.7. The van der Waals surface area contributed by atoms with Crippen molar-refractivity contribution in [3.8, 4) is 11.5 Å². The van der Waals surface area contributed by atoms with Crippen LogP contribution in [-0.2, 0) is 6.54 Å². The van der Waals surface area contributed by atoms with Crippen molar-refractivity contribution >= 4 is 38.3 Å². The van der Waals surface area contributed by atoms with Gasteiger partial charge in [-0.15, -0.1) is 0 Å². The van der Waals surface area contributed by atoms with Gasteiger partial charge in [0.15, 0.2) is 11.5 Å². The first-order valence-corrected chi connectivity index (χ1v) is 11.9. The number of aromatic hydroxyl groups is 1. The van der Waals surface area contributed by atoms with Gasteiger partial charge in [0.2, 0.25) is 0 Å². The molecule has 32 heavy (non-hydrogen) atoms. The van der Waals surface area contributed by atoms with E-state index in [1.54, 1.807) is 13.2 Å². The minimum absolute atomic E-state index is 0.206. The smallest absolute Gasteiger partial charge is 0.162 e. The second-order valence-electron chi connectivity index (χ2n) is 8.63. The van der Waals surface area contributed by atoms with E-state index in [4.69, 9.17) is 9.72 Å². The van der Waals surface area contributed by atoms with Crippen LogP contribution < -0.4 is 20.3 Å². The molecule has 1 fully saturated rings. The first kappa shape index (κ1) is 22.7. The maximum absolute atomic E-state index is 10.4. The van der Waals surface area contributed by atoms with Gasteiger partial charge in [0, 0.05) is 59.9 Å². The summed E-state index contributed by atoms with van der Waals surface area (Å²) in [6.45, 7) is 0.614. The number of aromatic nitrogens is 1. The van der Waals surface area contributed by atoms with Gasteiger partial charge in [-0.1, -0.05) is 34.1 Å². The highest BCUT2D eigenvalue weighted by atomic mass is 79.9. The Morgan fingerprint density at radius 3 is 2.53 bits per heavy atom. The molecule has 6 nitrogen and oxygen atoms in total. The predicted octanol–water partition coefficient (Wildman–Crippen LogP) is 5.29. The topological polar surface area (TPSA) is 69.7 Å². The molecule has 0 radical (unpaired) electrons. The van der Waals surface area contributed by atoms with E-state index >= 15 is 0 Å². The van der Waals surface area contributed by atoms with Crippen LogP contribution in [0.1, 0.15) is 31.2 Å². The highest BCUT2D eigenvalue weighted by molar-refractivity contribution is 9.10. The molecule has 0 amide bonds. The number of methoxy groups -OCH3 is 1. The number of phenols is 1. The Bertz CT molecular complexity index is 1080. The van der Waals surface area contributed by atoms with Crippen LogP contribution in [0.25, 0.3) is 10.9 Å². The van der Waals surface area contributed by atoms with Crippen molar-refractivity contribution in [2.75, 3.05) is 31.4 Å². The minimum Gasteiger partial charge on any atom is -0.504 e. The monoisotopic (exact) mass is 498 g/mol. The molecule has 4 rings (SSSR count). The van der Waals surface area contributed by atoms with E-state index in [1.807, 2.05) is 12.1 Å². The highest BCUT2D eigenvalue weighted by Gasteiger charge is 2.22. The average molecular weight is 499 g/mol. The van der Waals surface area contributed by atoms with Crippen molar-refractivity contribution in [3.63, 3.8) is 0 Å². The number of fused-ring (bicyclic) bond motifs is 1. The molecule has 0 saturated heterocycles. The van der Waals surface area contributed by atoms with Crippen LogP contribution in [0.15, 0.2) is 46.9 Å². The predicted molar refractivity (Wildman–Crippen MR) is 135 cm³/mol. The highest BCUT2D eigenvalue weighted by Crippen LogP contribution is 2.34. The Hall–Kier alpha value is -2.51. The van der Waals surface area contributed by atoms with Gasteiger partial charge in [-0.25, -0.2) is 4.98 Å². The molecule has 1 heterocycles. The van der Waals surface area contributed by atoms with Crippen LogP contribution in [0.3, 0.4) is 0 Å². The number of para-hydroxylation sites is 1. The second kappa shape index (κ2) is 9.96. The molecule has 0 unspecified atom stereocenters. The molecule has 1 aliphatic rings. The Balaban J connectivity index is 1.35. The van der Waals surface area contributed by atoms with Crippen LogP contribution in [0.2, 0.25) is 0 Å². The summed E-state index contributed by atoms with van der Waals surface area (Å²) in [7, 11) is 5.71. The lowest BCUT2D eigenvalue weighted by atomic mass is 9.91. The van der Waals surface area contributed by atoms with Crippen molar-refractivity contribution in [2.24, 2.45) is 0 Å². The summed E-state index contributed by atoms with van der Waals surface area (Å²) < 4.78 is 6.15. The largest absolute Gasteiger partial charge is 0.504 e. The third-order valence-corrected chi connectivity index (χ3v) is 6.63. The normalized spacial score (nSPS) is 18.5. The Morgan fingerprint density at radius 2 is 1.81 bits per heavy atom. The molecule has 0 atom stereocenters. The molecule has 170 valence electrons. The van der Waals surface area contributed by atoms with Gasteiger partial charge in [-0.05, 0) is 43.9 Å². The third-order valence-electron chi connectivity index (χ3n) is 6.18. The number of anilines is 2. The number of nitrogens with one attached hydrogen (secondary N) is 2. The first-order valence-electron chi connectivity index (χ1n) is 11.1. The number of ether oxygens (including phenoxy) is 1. The van der Waals surface area contributed by atoms with Gasteiger partial charge < -0.3 is 25.4 Å². The summed E-state index contributed by atoms with van der Waals surface area (Å²) in [6.07, 6.45) is 4.32. The zero-order valence-corrected chi connectivity index (χ0v) is 20.4. The lowest BCUT2D eigenvalue weighted by Crippen LogP contribution is -2.36. The van der Waals surface area contributed by atoms with Crippen molar-refractivity contribution in [2.45, 2.75) is 44.3 Å². The van der Waals surface area contributed by atoms with Crippen LogP contribution in [-0.4, -0.2) is 43.4 Å². The van der Waals surface area contributed by atoms with Crippen LogP contribution in [0.4, 0.5) is 11.5 Å². The van der Waals surface area contributed by atoms with E-state index in [0.717, 1.165) is 47.1 Å². The van der Waals surface area contributed by atoms with E-state index < -0.39 is 0 Å². The maximum Gasteiger partial charge on any atom is 0.162 e. The SMILES string of the molecule is COc1cc(Br)cc(CN[C@H]2CC[C@@H](Nc3cc(N(C)C)c4ccccc4n3)CC2)c1O. The fraction of sp³-hybridized carbons (Fsp3) is 0.400. The summed E-state index contributed by atoms with van der Waals surface area (Å²) in [5, 5.41) is 18.8. The molecule has 2 aromatic carbocycles. The number of benzene rings is 2. The number of halogens is 1. The molecule has 3 aromatic rings. The lowest BCUT2D eigenvalue weighted by Gasteiger charge is -2.30. The zero-order valence-electron chi connectivity index (χ0n) is 18.9. The van der Waals surface area contributed by atoms with E-state index in [9.17, 15) is 5.11 Å². The lowest BCUT2D eigenvalue weighted by molar-refractivity contribution is 0.345. The molecule has 1 aromatic heterocycles. The van der Waals surface area contributed by atoms with Crippen molar-refractivity contribution in [1.82, 2.24) is 10.3 Å². The second-order valence-corrected chi connectivity index (χ2v) is 9.54. The third kappa shape index (κ3) is 5.10. The molecule has 0 spiro atoms. The summed E-state index contributed by atoms with van der Waals surface area (Å²) in [6, 6.07) is 15.0. The van der Waals surface area contributed by atoms with E-state index in [2.05, 4.69) is 69.8 Å². The Labute approximate surface area is 198 Å². The quantitative estimate of drug-likeness (QED) is 0.411. The molecule has 3 N–H and O–H groups in total. The Kier molecular flexibility index (Phi) is 7.06. The van der Waals surface area contributed by atoms with Gasteiger partial charge in [-0.3, -0.25) is 0 Å². The molecule has 1 saturated carbocycles. The summed E-state index contributed by atoms with van der Waals surface area (Å²) in [5.41, 5.74) is 3.03. The number of hydrogen-bond acceptors (Lipinski definition) is 6. The molecular weight excluding hydrogens is 468 g/mol. The number of phenolic OH excluding ortho intramolecular Hbond substituents is 1. The van der Waals surface area contributed by atoms with Gasteiger partial charge in [0.1, 0.15) is 5.82 Å². The molecule has 0 aliphatic heterocycles. The van der Waals surface area contributed by atoms with Crippen molar-refractivity contribution in [1.29, 1.82) is 0 Å². The van der Waals surface area contributed by atoms with Gasteiger partial charge in [-0.2, -0.15) is 0 Å². The van der Waals surface area contributed by atoms with Crippen LogP contribution >= 0.6 is 15.9 Å². The van der Waals surface area contributed by atoms with E-state index in [0.29, 0.717) is 24.4 Å². The first-order chi connectivity index (χ1) is 15.4. The number of pyridine rings is 1. The summed E-state index contributed by atoms with van der Waals surface area (Å²) in [5.74, 6) is 1.64. The minimum atomic E-state index is 0.206. The molecule has 0 bridgehead atoms. The summed E-state index contributed by atoms with van der Waals surface area (Å²) in [4.78, 5) is 6.99. The van der Waals surface area contributed by atoms with Crippen LogP contribution in [0.5, 0.6) is 11.5 Å². The van der Waals surface area contributed by atoms with Crippen molar-refractivity contribution < 1.29 is 9.84 Å². The fourth-order valence-electron chi connectivity index (χ4n) is 4.42. The summed E-state index contributed by atoms with van der Waals surface area (Å²) >= 11 is 3.49. The Morgan fingerprint density at radius 1 is 1.09 bits per heavy atom. The van der Waals surface area contributed by atoms with Gasteiger partial charge in [0.25, 0.3) is 0 Å². The van der Waals surface area contributed by atoms with E-state index in [-0.39, 0.29) is 5.75 Å². The van der Waals surface area contributed by atoms with Crippen molar-refractivity contribution in [3.05, 3.63) is 52.5 Å². The van der Waals surface area contributed by atoms with E-state index in [1.165, 1.54) is 11.1 Å². The number of rotatable bonds is 7.